The predicted octanol–water partition coefficient (Wildman–Crippen LogP) is 6.51. The van der Waals surface area contributed by atoms with E-state index in [1.807, 2.05) is 30.3 Å². The first-order chi connectivity index (χ1) is 12.7. The predicted molar refractivity (Wildman–Crippen MR) is 108 cm³/mol. The maximum absolute atomic E-state index is 12.3. The molecule has 2 amide bonds. The van der Waals surface area contributed by atoms with Crippen LogP contribution in [0.5, 0.6) is 0 Å². The van der Waals surface area contributed by atoms with Crippen LogP contribution in [0.1, 0.15) is 43.6 Å². The number of aromatic nitrogens is 1. The zero-order valence-electron chi connectivity index (χ0n) is 14.5. The summed E-state index contributed by atoms with van der Waals surface area (Å²) in [6.45, 7) is 0. The van der Waals surface area contributed by atoms with Crippen LogP contribution in [-0.2, 0) is 0 Å². The molecule has 1 aliphatic rings. The van der Waals surface area contributed by atoms with Gasteiger partial charge in [0.05, 0.1) is 5.69 Å². The Labute approximate surface area is 157 Å². The maximum atomic E-state index is 12.3. The smallest absolute Gasteiger partial charge is 0.323 e. The fourth-order valence-electron chi connectivity index (χ4n) is 3.76. The SMILES string of the molecule is O=C(Nc1ccc(C2CCCCC2)cc1)Nc1c[nH]c2ccc(Cl)cc12. The second-order valence-corrected chi connectivity index (χ2v) is 7.36. The lowest BCUT2D eigenvalue weighted by Gasteiger charge is -2.22. The summed E-state index contributed by atoms with van der Waals surface area (Å²) in [5.41, 5.74) is 3.81. The summed E-state index contributed by atoms with van der Waals surface area (Å²) in [6.07, 6.45) is 8.32. The molecule has 0 radical (unpaired) electrons. The number of rotatable bonds is 3. The molecule has 0 spiro atoms. The van der Waals surface area contributed by atoms with Crippen molar-refractivity contribution in [3.8, 4) is 0 Å². The topological polar surface area (TPSA) is 56.9 Å². The Morgan fingerprint density at radius 1 is 1.00 bits per heavy atom. The number of hydrogen-bond acceptors (Lipinski definition) is 1. The van der Waals surface area contributed by atoms with Crippen molar-refractivity contribution in [2.75, 3.05) is 10.6 Å². The van der Waals surface area contributed by atoms with Gasteiger partial charge in [-0.25, -0.2) is 4.79 Å². The Bertz CT molecular complexity index is 911. The molecule has 5 heteroatoms. The van der Waals surface area contributed by atoms with Crippen molar-refractivity contribution in [1.82, 2.24) is 4.98 Å². The van der Waals surface area contributed by atoms with Crippen molar-refractivity contribution < 1.29 is 4.79 Å². The van der Waals surface area contributed by atoms with E-state index in [2.05, 4.69) is 27.8 Å². The summed E-state index contributed by atoms with van der Waals surface area (Å²) < 4.78 is 0. The molecule has 4 rings (SSSR count). The fraction of sp³-hybridized carbons (Fsp3) is 0.286. The molecule has 1 aromatic heterocycles. The Morgan fingerprint density at radius 3 is 2.54 bits per heavy atom. The first-order valence-corrected chi connectivity index (χ1v) is 9.51. The lowest BCUT2D eigenvalue weighted by Crippen LogP contribution is -2.19. The first kappa shape index (κ1) is 17.0. The van der Waals surface area contributed by atoms with Crippen LogP contribution in [0.15, 0.2) is 48.7 Å². The summed E-state index contributed by atoms with van der Waals surface area (Å²) in [5, 5.41) is 7.30. The largest absolute Gasteiger partial charge is 0.359 e. The molecule has 1 aliphatic carbocycles. The van der Waals surface area contributed by atoms with Gasteiger partial charge in [-0.3, -0.25) is 0 Å². The van der Waals surface area contributed by atoms with Crippen LogP contribution in [-0.4, -0.2) is 11.0 Å². The molecule has 1 heterocycles. The zero-order valence-corrected chi connectivity index (χ0v) is 15.3. The Hall–Kier alpha value is -2.46. The van der Waals surface area contributed by atoms with Gasteiger partial charge in [-0.15, -0.1) is 0 Å². The van der Waals surface area contributed by atoms with E-state index in [-0.39, 0.29) is 6.03 Å². The van der Waals surface area contributed by atoms with Crippen LogP contribution < -0.4 is 10.6 Å². The lowest BCUT2D eigenvalue weighted by molar-refractivity contribution is 0.262. The van der Waals surface area contributed by atoms with Gasteiger partial charge in [0.2, 0.25) is 0 Å². The average Bonchev–Trinajstić information content (AvgIpc) is 3.05. The van der Waals surface area contributed by atoms with E-state index in [1.165, 1.54) is 37.7 Å². The molecule has 26 heavy (non-hydrogen) atoms. The minimum atomic E-state index is -0.267. The number of carbonyl (C=O) groups is 1. The highest BCUT2D eigenvalue weighted by Crippen LogP contribution is 2.33. The van der Waals surface area contributed by atoms with Crippen LogP contribution in [0.2, 0.25) is 5.02 Å². The standard InChI is InChI=1S/C21H22ClN3O/c22-16-8-11-19-18(12-16)20(13-23-19)25-21(26)24-17-9-6-15(7-10-17)14-4-2-1-3-5-14/h6-14,23H,1-5H2,(H2,24,25,26). The van der Waals surface area contributed by atoms with E-state index in [4.69, 9.17) is 11.6 Å². The van der Waals surface area contributed by atoms with Gasteiger partial charge < -0.3 is 15.6 Å². The molecule has 0 atom stereocenters. The van der Waals surface area contributed by atoms with Crippen molar-refractivity contribution in [3.63, 3.8) is 0 Å². The van der Waals surface area contributed by atoms with Crippen molar-refractivity contribution in [2.45, 2.75) is 38.0 Å². The Kier molecular flexibility index (Phi) is 4.85. The maximum Gasteiger partial charge on any atom is 0.323 e. The summed E-state index contributed by atoms with van der Waals surface area (Å²) in [7, 11) is 0. The number of hydrogen-bond donors (Lipinski definition) is 3. The van der Waals surface area contributed by atoms with E-state index >= 15 is 0 Å². The van der Waals surface area contributed by atoms with Gasteiger partial charge in [-0.2, -0.15) is 0 Å². The highest BCUT2D eigenvalue weighted by Gasteiger charge is 2.15. The normalized spacial score (nSPS) is 15.1. The summed E-state index contributed by atoms with van der Waals surface area (Å²) in [5.74, 6) is 0.669. The van der Waals surface area contributed by atoms with Gasteiger partial charge in [0.1, 0.15) is 0 Å². The number of amides is 2. The molecule has 4 nitrogen and oxygen atoms in total. The molecule has 3 aromatic rings. The minimum absolute atomic E-state index is 0.267. The molecule has 3 N–H and O–H groups in total. The highest BCUT2D eigenvalue weighted by molar-refractivity contribution is 6.31. The Balaban J connectivity index is 1.41. The van der Waals surface area contributed by atoms with E-state index in [1.54, 1.807) is 6.20 Å². The van der Waals surface area contributed by atoms with E-state index in [0.717, 1.165) is 16.6 Å². The van der Waals surface area contributed by atoms with Gasteiger partial charge in [0.25, 0.3) is 0 Å². The first-order valence-electron chi connectivity index (χ1n) is 9.14. The number of halogens is 1. The third-order valence-electron chi connectivity index (χ3n) is 5.14. The van der Waals surface area contributed by atoms with E-state index < -0.39 is 0 Å². The van der Waals surface area contributed by atoms with Gasteiger partial charge in [0, 0.05) is 27.8 Å². The number of carbonyl (C=O) groups excluding carboxylic acids is 1. The molecular weight excluding hydrogens is 346 g/mol. The van der Waals surface area contributed by atoms with Gasteiger partial charge in [-0.05, 0) is 54.7 Å². The number of H-pyrrole nitrogens is 1. The molecule has 1 fully saturated rings. The molecular formula is C21H22ClN3O. The number of urea groups is 1. The Morgan fingerprint density at radius 2 is 1.77 bits per heavy atom. The molecule has 0 unspecified atom stereocenters. The van der Waals surface area contributed by atoms with Crippen LogP contribution in [0.25, 0.3) is 10.9 Å². The average molecular weight is 368 g/mol. The number of fused-ring (bicyclic) bond motifs is 1. The van der Waals surface area contributed by atoms with Crippen LogP contribution in [0.4, 0.5) is 16.2 Å². The van der Waals surface area contributed by atoms with Crippen LogP contribution >= 0.6 is 11.6 Å². The molecule has 2 aromatic carbocycles. The van der Waals surface area contributed by atoms with E-state index in [0.29, 0.717) is 16.6 Å². The molecule has 0 aliphatic heterocycles. The van der Waals surface area contributed by atoms with Crippen molar-refractivity contribution in [3.05, 3.63) is 59.2 Å². The number of nitrogens with one attached hydrogen (secondary N) is 3. The molecule has 134 valence electrons. The van der Waals surface area contributed by atoms with Crippen molar-refractivity contribution >= 4 is 39.9 Å². The number of benzene rings is 2. The molecule has 0 saturated heterocycles. The third-order valence-corrected chi connectivity index (χ3v) is 5.37. The zero-order chi connectivity index (χ0) is 17.9. The van der Waals surface area contributed by atoms with Crippen LogP contribution in [0, 0.1) is 0 Å². The van der Waals surface area contributed by atoms with Crippen molar-refractivity contribution in [2.24, 2.45) is 0 Å². The fourth-order valence-corrected chi connectivity index (χ4v) is 3.93. The monoisotopic (exact) mass is 367 g/mol. The third kappa shape index (κ3) is 3.70. The molecule has 0 bridgehead atoms. The summed E-state index contributed by atoms with van der Waals surface area (Å²) >= 11 is 6.05. The van der Waals surface area contributed by atoms with Gasteiger partial charge in [0.15, 0.2) is 0 Å². The number of anilines is 2. The van der Waals surface area contributed by atoms with E-state index in [9.17, 15) is 4.79 Å². The van der Waals surface area contributed by atoms with Gasteiger partial charge in [-0.1, -0.05) is 43.0 Å². The lowest BCUT2D eigenvalue weighted by atomic mass is 9.84. The quantitative estimate of drug-likeness (QED) is 0.485. The number of aromatic amines is 1. The summed E-state index contributed by atoms with van der Waals surface area (Å²) in [4.78, 5) is 15.5. The van der Waals surface area contributed by atoms with Crippen LogP contribution in [0.3, 0.4) is 0 Å². The van der Waals surface area contributed by atoms with Gasteiger partial charge >= 0.3 is 6.03 Å². The second-order valence-electron chi connectivity index (χ2n) is 6.93. The summed E-state index contributed by atoms with van der Waals surface area (Å²) in [6, 6.07) is 13.5. The molecule has 1 saturated carbocycles. The minimum Gasteiger partial charge on any atom is -0.359 e. The highest BCUT2D eigenvalue weighted by atomic mass is 35.5. The second kappa shape index (κ2) is 7.42. The van der Waals surface area contributed by atoms with Crippen molar-refractivity contribution in [1.29, 1.82) is 0 Å².